The summed E-state index contributed by atoms with van der Waals surface area (Å²) in [7, 11) is 0. The van der Waals surface area contributed by atoms with Gasteiger partial charge in [0.2, 0.25) is 0 Å². The lowest BCUT2D eigenvalue weighted by molar-refractivity contribution is -0.137. The Bertz CT molecular complexity index is 83.1. The topological polar surface area (TPSA) is 37.3 Å². The van der Waals surface area contributed by atoms with Gasteiger partial charge in [-0.05, 0) is 5.92 Å². The Kier molecular flexibility index (Phi) is 7.55. The molecule has 0 fully saturated rings. The van der Waals surface area contributed by atoms with Crippen LogP contribution in [0.3, 0.4) is 0 Å². The summed E-state index contributed by atoms with van der Waals surface area (Å²) in [6.45, 7) is 3.93. The van der Waals surface area contributed by atoms with Crippen LogP contribution in [0.4, 0.5) is 0 Å². The number of halogens is 1. The first-order chi connectivity index (χ1) is 3.66. The van der Waals surface area contributed by atoms with Gasteiger partial charge in [-0.2, -0.15) is 0 Å². The van der Waals surface area contributed by atoms with Crippen molar-refractivity contribution in [1.29, 1.82) is 0 Å². The first-order valence-electron chi connectivity index (χ1n) is 2.88. The van der Waals surface area contributed by atoms with Crippen molar-refractivity contribution in [3.05, 3.63) is 0 Å². The average molecular weight is 153 g/mol. The molecular formula is C6H13ClO2. The highest BCUT2D eigenvalue weighted by atomic mass is 35.5. The van der Waals surface area contributed by atoms with Crippen LogP contribution in [0.15, 0.2) is 0 Å². The number of hydrogen-bond donors (Lipinski definition) is 1. The predicted molar refractivity (Wildman–Crippen MR) is 39.0 cm³/mol. The number of rotatable bonds is 3. The lowest BCUT2D eigenvalue weighted by Gasteiger charge is -2.00. The molecule has 0 saturated carbocycles. The van der Waals surface area contributed by atoms with Crippen molar-refractivity contribution >= 4 is 18.4 Å². The van der Waals surface area contributed by atoms with E-state index in [4.69, 9.17) is 5.11 Å². The fraction of sp³-hybridized carbons (Fsp3) is 0.833. The van der Waals surface area contributed by atoms with Crippen LogP contribution >= 0.6 is 12.4 Å². The maximum atomic E-state index is 9.97. The first-order valence-corrected chi connectivity index (χ1v) is 2.88. The summed E-state index contributed by atoms with van der Waals surface area (Å²) in [6, 6.07) is 0. The minimum absolute atomic E-state index is 0. The molecular weight excluding hydrogens is 140 g/mol. The van der Waals surface area contributed by atoms with Crippen molar-refractivity contribution in [3.63, 3.8) is 0 Å². The van der Waals surface area contributed by atoms with E-state index >= 15 is 0 Å². The summed E-state index contributed by atoms with van der Waals surface area (Å²) in [6.07, 6.45) is 1.25. The van der Waals surface area contributed by atoms with Gasteiger partial charge in [0.1, 0.15) is 0 Å². The van der Waals surface area contributed by atoms with Crippen LogP contribution < -0.4 is 0 Å². The molecule has 0 rings (SSSR count). The molecule has 0 saturated heterocycles. The molecule has 9 heavy (non-hydrogen) atoms. The Hall–Kier alpha value is -0.240. The van der Waals surface area contributed by atoms with E-state index in [-0.39, 0.29) is 12.4 Å². The highest BCUT2D eigenvalue weighted by Gasteiger charge is 2.02. The minimum atomic E-state index is -0.695. The van der Waals surface area contributed by atoms with Crippen LogP contribution in [0.1, 0.15) is 26.7 Å². The fourth-order valence-electron chi connectivity index (χ4n) is 0.442. The van der Waals surface area contributed by atoms with E-state index in [0.717, 1.165) is 6.42 Å². The molecule has 0 spiro atoms. The molecule has 0 aliphatic heterocycles. The number of aliphatic carboxylic acids is 1. The van der Waals surface area contributed by atoms with Gasteiger partial charge in [-0.15, -0.1) is 12.4 Å². The van der Waals surface area contributed by atoms with E-state index in [1.807, 2.05) is 13.8 Å². The van der Waals surface area contributed by atoms with Crippen molar-refractivity contribution in [1.82, 2.24) is 0 Å². The van der Waals surface area contributed by atoms with E-state index in [2.05, 4.69) is 0 Å². The third-order valence-electron chi connectivity index (χ3n) is 1.22. The van der Waals surface area contributed by atoms with Crippen LogP contribution in [0.2, 0.25) is 0 Å². The molecule has 0 radical (unpaired) electrons. The molecule has 0 aromatic heterocycles. The van der Waals surface area contributed by atoms with E-state index in [0.29, 0.717) is 12.3 Å². The second kappa shape index (κ2) is 5.89. The second-order valence-electron chi connectivity index (χ2n) is 2.11. The standard InChI is InChI=1S/C6H12O2.ClH/c1-3-5(2)4-6(7)8;/h5H,3-4H2,1-2H3,(H,7,8);1H. The van der Waals surface area contributed by atoms with Crippen LogP contribution in [0, 0.1) is 5.92 Å². The first kappa shape index (κ1) is 11.5. The third kappa shape index (κ3) is 7.76. The van der Waals surface area contributed by atoms with Crippen LogP contribution in [0.5, 0.6) is 0 Å². The molecule has 0 aliphatic rings. The normalized spacial score (nSPS) is 11.8. The Morgan fingerprint density at radius 3 is 2.22 bits per heavy atom. The summed E-state index contributed by atoms with van der Waals surface area (Å²) in [5.74, 6) is -0.369. The molecule has 0 amide bonds. The SMILES string of the molecule is CCC(C)CC(=O)O.Cl. The molecule has 56 valence electrons. The molecule has 1 unspecified atom stereocenters. The van der Waals surface area contributed by atoms with E-state index in [1.165, 1.54) is 0 Å². The highest BCUT2D eigenvalue weighted by Crippen LogP contribution is 2.04. The molecule has 3 heteroatoms. The molecule has 1 N–H and O–H groups in total. The maximum Gasteiger partial charge on any atom is 0.303 e. The third-order valence-corrected chi connectivity index (χ3v) is 1.22. The van der Waals surface area contributed by atoms with E-state index in [1.54, 1.807) is 0 Å². The van der Waals surface area contributed by atoms with Crippen molar-refractivity contribution < 1.29 is 9.90 Å². The number of carboxylic acid groups (broad SMARTS) is 1. The highest BCUT2D eigenvalue weighted by molar-refractivity contribution is 5.85. The lowest BCUT2D eigenvalue weighted by atomic mass is 10.1. The lowest BCUT2D eigenvalue weighted by Crippen LogP contribution is -2.02. The average Bonchev–Trinajstić information content (AvgIpc) is 1.65. The van der Waals surface area contributed by atoms with Gasteiger partial charge in [0, 0.05) is 6.42 Å². The minimum Gasteiger partial charge on any atom is -0.481 e. The zero-order chi connectivity index (χ0) is 6.57. The van der Waals surface area contributed by atoms with Crippen LogP contribution in [-0.4, -0.2) is 11.1 Å². The monoisotopic (exact) mass is 152 g/mol. The molecule has 2 nitrogen and oxygen atoms in total. The molecule has 1 atom stereocenters. The molecule has 0 aliphatic carbocycles. The number of hydrogen-bond acceptors (Lipinski definition) is 1. The summed E-state index contributed by atoms with van der Waals surface area (Å²) in [5.41, 5.74) is 0. The number of carboxylic acids is 1. The Morgan fingerprint density at radius 1 is 1.67 bits per heavy atom. The quantitative estimate of drug-likeness (QED) is 0.671. The van der Waals surface area contributed by atoms with Gasteiger partial charge in [0.05, 0.1) is 0 Å². The van der Waals surface area contributed by atoms with Gasteiger partial charge in [-0.3, -0.25) is 4.79 Å². The molecule has 0 aromatic carbocycles. The van der Waals surface area contributed by atoms with Gasteiger partial charge < -0.3 is 5.11 Å². The number of carbonyl (C=O) groups is 1. The Balaban J connectivity index is 0. The van der Waals surface area contributed by atoms with Gasteiger partial charge in [0.15, 0.2) is 0 Å². The smallest absolute Gasteiger partial charge is 0.303 e. The largest absolute Gasteiger partial charge is 0.481 e. The van der Waals surface area contributed by atoms with Gasteiger partial charge >= 0.3 is 5.97 Å². The maximum absolute atomic E-state index is 9.97. The molecule has 0 heterocycles. The van der Waals surface area contributed by atoms with E-state index in [9.17, 15) is 4.79 Å². The van der Waals surface area contributed by atoms with Gasteiger partial charge in [-0.25, -0.2) is 0 Å². The Labute approximate surface area is 61.7 Å². The zero-order valence-corrected chi connectivity index (χ0v) is 6.57. The second-order valence-corrected chi connectivity index (χ2v) is 2.11. The summed E-state index contributed by atoms with van der Waals surface area (Å²) < 4.78 is 0. The zero-order valence-electron chi connectivity index (χ0n) is 5.76. The van der Waals surface area contributed by atoms with Gasteiger partial charge in [-0.1, -0.05) is 20.3 Å². The summed E-state index contributed by atoms with van der Waals surface area (Å²) in [4.78, 5) is 9.97. The van der Waals surface area contributed by atoms with Crippen LogP contribution in [-0.2, 0) is 4.79 Å². The fourth-order valence-corrected chi connectivity index (χ4v) is 0.442. The predicted octanol–water partition coefficient (Wildman–Crippen LogP) is 1.93. The van der Waals surface area contributed by atoms with Gasteiger partial charge in [0.25, 0.3) is 0 Å². The summed E-state index contributed by atoms with van der Waals surface area (Å²) >= 11 is 0. The molecule has 0 aromatic rings. The Morgan fingerprint density at radius 2 is 2.11 bits per heavy atom. The van der Waals surface area contributed by atoms with E-state index < -0.39 is 5.97 Å². The molecule has 0 bridgehead atoms. The van der Waals surface area contributed by atoms with Crippen molar-refractivity contribution in [2.75, 3.05) is 0 Å². The van der Waals surface area contributed by atoms with Crippen molar-refractivity contribution in [2.24, 2.45) is 5.92 Å². The van der Waals surface area contributed by atoms with Crippen molar-refractivity contribution in [3.8, 4) is 0 Å². The van der Waals surface area contributed by atoms with Crippen molar-refractivity contribution in [2.45, 2.75) is 26.7 Å². The van der Waals surface area contributed by atoms with Crippen LogP contribution in [0.25, 0.3) is 0 Å². The summed E-state index contributed by atoms with van der Waals surface area (Å²) in [5, 5.41) is 8.22.